The Bertz CT molecular complexity index is 310. The van der Waals surface area contributed by atoms with E-state index in [0.29, 0.717) is 24.7 Å². The van der Waals surface area contributed by atoms with Crippen LogP contribution in [-0.4, -0.2) is 29.2 Å². The molecule has 0 aromatic carbocycles. The molecular formula is C15H25NO2. The van der Waals surface area contributed by atoms with Crippen molar-refractivity contribution < 1.29 is 9.59 Å². The normalized spacial score (nSPS) is 25.4. The summed E-state index contributed by atoms with van der Waals surface area (Å²) in [6.45, 7) is 2.50. The van der Waals surface area contributed by atoms with Gasteiger partial charge in [-0.3, -0.25) is 9.59 Å². The van der Waals surface area contributed by atoms with Crippen molar-refractivity contribution in [3.8, 4) is 0 Å². The largest absolute Gasteiger partial charge is 0.339 e. The molecule has 3 heteroatoms. The molecule has 1 saturated heterocycles. The zero-order valence-electron chi connectivity index (χ0n) is 11.5. The zero-order valence-corrected chi connectivity index (χ0v) is 11.5. The second-order valence-corrected chi connectivity index (χ2v) is 6.00. The first-order valence-electron chi connectivity index (χ1n) is 7.45. The number of ketones is 1. The molecule has 0 aromatic heterocycles. The molecular weight excluding hydrogens is 226 g/mol. The maximum Gasteiger partial charge on any atom is 0.223 e. The van der Waals surface area contributed by atoms with Crippen molar-refractivity contribution in [2.45, 2.75) is 70.8 Å². The average molecular weight is 251 g/mol. The summed E-state index contributed by atoms with van der Waals surface area (Å²) in [6, 6.07) is 0.178. The minimum Gasteiger partial charge on any atom is -0.339 e. The number of nitrogens with zero attached hydrogens (tertiary/aromatic N) is 1. The molecule has 1 heterocycles. The minimum atomic E-state index is 0.178. The van der Waals surface area contributed by atoms with E-state index in [-0.39, 0.29) is 11.8 Å². The van der Waals surface area contributed by atoms with Crippen LogP contribution in [0.1, 0.15) is 64.7 Å². The smallest absolute Gasteiger partial charge is 0.223 e. The van der Waals surface area contributed by atoms with Crippen LogP contribution in [0.5, 0.6) is 0 Å². The van der Waals surface area contributed by atoms with E-state index in [1.165, 1.54) is 25.7 Å². The number of rotatable bonds is 4. The first-order valence-corrected chi connectivity index (χ1v) is 7.45. The molecule has 0 bridgehead atoms. The monoisotopic (exact) mass is 251 g/mol. The highest BCUT2D eigenvalue weighted by Crippen LogP contribution is 2.31. The van der Waals surface area contributed by atoms with Gasteiger partial charge in [0.2, 0.25) is 5.91 Å². The van der Waals surface area contributed by atoms with Crippen molar-refractivity contribution in [3.63, 3.8) is 0 Å². The highest BCUT2D eigenvalue weighted by Gasteiger charge is 2.29. The molecule has 1 aliphatic carbocycles. The van der Waals surface area contributed by atoms with Crippen LogP contribution in [0.4, 0.5) is 0 Å². The van der Waals surface area contributed by atoms with E-state index in [0.717, 1.165) is 25.8 Å². The van der Waals surface area contributed by atoms with Crippen molar-refractivity contribution >= 4 is 11.7 Å². The predicted octanol–water partition coefficient (Wildman–Crippen LogP) is 2.93. The van der Waals surface area contributed by atoms with Crippen LogP contribution in [0.25, 0.3) is 0 Å². The third-order valence-corrected chi connectivity index (χ3v) is 4.41. The Labute approximate surface area is 110 Å². The Balaban J connectivity index is 1.94. The number of carbonyl (C=O) groups is 2. The fourth-order valence-corrected chi connectivity index (χ4v) is 3.11. The number of hydrogen-bond acceptors (Lipinski definition) is 2. The summed E-state index contributed by atoms with van der Waals surface area (Å²) in [6.07, 6.45) is 9.46. The Kier molecular flexibility index (Phi) is 4.79. The number of carbonyl (C=O) groups excluding carboxylic acids is 2. The number of Topliss-reactive ketones (excluding diaryl/α,β-unsaturated/α-hetero) is 1. The van der Waals surface area contributed by atoms with Gasteiger partial charge in [-0.2, -0.15) is 0 Å². The van der Waals surface area contributed by atoms with Crippen LogP contribution in [-0.2, 0) is 9.59 Å². The Morgan fingerprint density at radius 2 is 1.78 bits per heavy atom. The molecule has 2 aliphatic rings. The molecule has 1 amide bonds. The molecule has 1 atom stereocenters. The second kappa shape index (κ2) is 6.35. The van der Waals surface area contributed by atoms with Gasteiger partial charge in [0.25, 0.3) is 0 Å². The van der Waals surface area contributed by atoms with E-state index in [4.69, 9.17) is 0 Å². The van der Waals surface area contributed by atoms with Crippen molar-refractivity contribution in [1.29, 1.82) is 0 Å². The molecule has 2 fully saturated rings. The fraction of sp³-hybridized carbons (Fsp3) is 0.867. The van der Waals surface area contributed by atoms with Crippen molar-refractivity contribution in [3.05, 3.63) is 0 Å². The van der Waals surface area contributed by atoms with Crippen molar-refractivity contribution in [2.75, 3.05) is 6.54 Å². The van der Waals surface area contributed by atoms with Gasteiger partial charge < -0.3 is 4.90 Å². The summed E-state index contributed by atoms with van der Waals surface area (Å²) in [4.78, 5) is 25.7. The van der Waals surface area contributed by atoms with E-state index in [2.05, 4.69) is 0 Å². The van der Waals surface area contributed by atoms with Gasteiger partial charge in [0, 0.05) is 25.4 Å². The lowest BCUT2D eigenvalue weighted by molar-refractivity contribution is -0.135. The molecule has 2 rings (SSSR count). The standard InChI is InChI=1S/C15H25NO2/c1-12(17)10-14-8-3-2-4-9-16(14)15(18)11-13-6-5-7-13/h13-14H,2-11H2,1H3. The average Bonchev–Trinajstić information content (AvgIpc) is 2.48. The van der Waals surface area contributed by atoms with Crippen LogP contribution in [0, 0.1) is 5.92 Å². The molecule has 3 nitrogen and oxygen atoms in total. The maximum atomic E-state index is 12.4. The molecule has 0 spiro atoms. The maximum absolute atomic E-state index is 12.4. The van der Waals surface area contributed by atoms with Crippen molar-refractivity contribution in [1.82, 2.24) is 4.90 Å². The zero-order chi connectivity index (χ0) is 13.0. The van der Waals surface area contributed by atoms with Crippen molar-refractivity contribution in [2.24, 2.45) is 5.92 Å². The van der Waals surface area contributed by atoms with Gasteiger partial charge >= 0.3 is 0 Å². The van der Waals surface area contributed by atoms with E-state index in [1.807, 2.05) is 4.90 Å². The predicted molar refractivity (Wildman–Crippen MR) is 71.2 cm³/mol. The Morgan fingerprint density at radius 1 is 1.00 bits per heavy atom. The molecule has 0 radical (unpaired) electrons. The van der Waals surface area contributed by atoms with E-state index >= 15 is 0 Å². The van der Waals surface area contributed by atoms with Crippen LogP contribution >= 0.6 is 0 Å². The highest BCUT2D eigenvalue weighted by molar-refractivity contribution is 5.80. The summed E-state index contributed by atoms with van der Waals surface area (Å²) in [5.74, 6) is 1.13. The lowest BCUT2D eigenvalue weighted by Crippen LogP contribution is -2.42. The number of amides is 1. The lowest BCUT2D eigenvalue weighted by Gasteiger charge is -2.33. The molecule has 1 aliphatic heterocycles. The van der Waals surface area contributed by atoms with E-state index < -0.39 is 0 Å². The minimum absolute atomic E-state index is 0.178. The van der Waals surface area contributed by atoms with Crippen LogP contribution in [0.3, 0.4) is 0 Å². The van der Waals surface area contributed by atoms with Crippen LogP contribution < -0.4 is 0 Å². The fourth-order valence-electron chi connectivity index (χ4n) is 3.11. The van der Waals surface area contributed by atoms with E-state index in [9.17, 15) is 9.59 Å². The number of likely N-dealkylation sites (tertiary alicyclic amines) is 1. The van der Waals surface area contributed by atoms with Gasteiger partial charge in [0.05, 0.1) is 0 Å². The molecule has 18 heavy (non-hydrogen) atoms. The third-order valence-electron chi connectivity index (χ3n) is 4.41. The summed E-state index contributed by atoms with van der Waals surface area (Å²) in [7, 11) is 0. The molecule has 0 aromatic rings. The Hall–Kier alpha value is -0.860. The van der Waals surface area contributed by atoms with E-state index in [1.54, 1.807) is 6.92 Å². The van der Waals surface area contributed by atoms with Gasteiger partial charge in [-0.05, 0) is 38.5 Å². The molecule has 0 N–H and O–H groups in total. The van der Waals surface area contributed by atoms with Gasteiger partial charge in [0.1, 0.15) is 5.78 Å². The second-order valence-electron chi connectivity index (χ2n) is 6.00. The van der Waals surface area contributed by atoms with Gasteiger partial charge in [-0.1, -0.05) is 19.3 Å². The molecule has 1 saturated carbocycles. The Morgan fingerprint density at radius 3 is 2.39 bits per heavy atom. The lowest BCUT2D eigenvalue weighted by atomic mass is 9.82. The summed E-state index contributed by atoms with van der Waals surface area (Å²) >= 11 is 0. The van der Waals surface area contributed by atoms with Gasteiger partial charge in [0.15, 0.2) is 0 Å². The SMILES string of the molecule is CC(=O)CC1CCCCCN1C(=O)CC1CCC1. The molecule has 102 valence electrons. The van der Waals surface area contributed by atoms with Gasteiger partial charge in [-0.25, -0.2) is 0 Å². The van der Waals surface area contributed by atoms with Crippen LogP contribution in [0.15, 0.2) is 0 Å². The summed E-state index contributed by atoms with van der Waals surface area (Å²) in [5.41, 5.74) is 0. The van der Waals surface area contributed by atoms with Crippen LogP contribution in [0.2, 0.25) is 0 Å². The quantitative estimate of drug-likeness (QED) is 0.770. The summed E-state index contributed by atoms with van der Waals surface area (Å²) in [5, 5.41) is 0. The topological polar surface area (TPSA) is 37.4 Å². The first kappa shape index (κ1) is 13.6. The highest BCUT2D eigenvalue weighted by atomic mass is 16.2. The third kappa shape index (κ3) is 3.56. The van der Waals surface area contributed by atoms with Gasteiger partial charge in [-0.15, -0.1) is 0 Å². The summed E-state index contributed by atoms with van der Waals surface area (Å²) < 4.78 is 0. The first-order chi connectivity index (χ1) is 8.66. The number of hydrogen-bond donors (Lipinski definition) is 0. The molecule has 1 unspecified atom stereocenters.